The minimum absolute atomic E-state index is 0.325. The van der Waals surface area contributed by atoms with Gasteiger partial charge in [0.2, 0.25) is 0 Å². The van der Waals surface area contributed by atoms with Crippen LogP contribution in [0.2, 0.25) is 0 Å². The Morgan fingerprint density at radius 3 is 0.766 bits per heavy atom. The lowest BCUT2D eigenvalue weighted by atomic mass is 9.69. The van der Waals surface area contributed by atoms with Gasteiger partial charge >= 0.3 is 0 Å². The normalized spacial score (nSPS) is 17.4. The topological polar surface area (TPSA) is 86.2 Å². The van der Waals surface area contributed by atoms with Crippen molar-refractivity contribution < 1.29 is 37.9 Å². The van der Waals surface area contributed by atoms with E-state index >= 15 is 0 Å². The number of fused-ring (bicyclic) bond motifs is 20. The van der Waals surface area contributed by atoms with E-state index in [1.54, 1.807) is 0 Å². The predicted octanol–water partition coefficient (Wildman–Crippen LogP) is 25.3. The second-order valence-electron chi connectivity index (χ2n) is 32.3. The van der Waals surface area contributed by atoms with Crippen LogP contribution in [-0.2, 0) is 10.8 Å². The number of rotatable bonds is 35. The van der Waals surface area contributed by atoms with E-state index < -0.39 is 10.8 Å². The first-order valence-corrected chi connectivity index (χ1v) is 40.8. The van der Waals surface area contributed by atoms with E-state index in [0.29, 0.717) is 100 Å². The number of nitrogens with zero attached hydrogens (tertiary/aromatic N) is 1. The molecule has 8 atom stereocenters. The minimum atomic E-state index is -0.869. The highest BCUT2D eigenvalue weighted by atomic mass is 16.5. The predicted molar refractivity (Wildman–Crippen MR) is 442 cm³/mol. The zero-order valence-electron chi connectivity index (χ0n) is 67.2. The largest absolute Gasteiger partial charge is 0.489 e. The van der Waals surface area contributed by atoms with Gasteiger partial charge in [-0.15, -0.1) is 0 Å². The molecule has 0 aliphatic heterocycles. The molecule has 0 saturated carbocycles. The second-order valence-corrected chi connectivity index (χ2v) is 32.3. The highest BCUT2D eigenvalue weighted by Crippen LogP contribution is 2.68. The van der Waals surface area contributed by atoms with E-state index in [2.05, 4.69) is 275 Å². The monoisotopic (exact) mass is 1440 g/mol. The quantitative estimate of drug-likeness (QED) is 0.0363. The van der Waals surface area contributed by atoms with Crippen molar-refractivity contribution in [3.63, 3.8) is 0 Å². The molecule has 9 aromatic rings. The third kappa shape index (κ3) is 14.5. The van der Waals surface area contributed by atoms with Crippen LogP contribution in [0.5, 0.6) is 46.0 Å². The van der Waals surface area contributed by atoms with Gasteiger partial charge in [0.05, 0.1) is 75.1 Å². The molecular formula is C98H117NO8. The average molecular weight is 1440 g/mol. The summed E-state index contributed by atoms with van der Waals surface area (Å²) in [6, 6.07) is 59.5. The maximum Gasteiger partial charge on any atom is 0.161 e. The highest BCUT2D eigenvalue weighted by Gasteiger charge is 2.55. The highest BCUT2D eigenvalue weighted by molar-refractivity contribution is 6.16. The summed E-state index contributed by atoms with van der Waals surface area (Å²) in [6.45, 7) is 42.6. The Bertz CT molecular complexity index is 4260. The fourth-order valence-corrected chi connectivity index (χ4v) is 15.5. The van der Waals surface area contributed by atoms with Gasteiger partial charge in [-0.1, -0.05) is 253 Å². The molecule has 0 heterocycles. The Balaban J connectivity index is 1.09. The maximum absolute atomic E-state index is 7.11. The van der Waals surface area contributed by atoms with Crippen molar-refractivity contribution >= 4 is 11.4 Å². The number of hydrogen-bond donors (Lipinski definition) is 0. The van der Waals surface area contributed by atoms with Crippen molar-refractivity contribution in [1.82, 2.24) is 0 Å². The number of aliphatic imine (C=N–C) groups is 1. The van der Waals surface area contributed by atoms with E-state index in [1.807, 2.05) is 0 Å². The van der Waals surface area contributed by atoms with Crippen molar-refractivity contribution in [2.24, 2.45) is 52.3 Å². The third-order valence-corrected chi connectivity index (χ3v) is 24.3. The first-order valence-electron chi connectivity index (χ1n) is 40.8. The van der Waals surface area contributed by atoms with E-state index in [1.165, 1.54) is 22.3 Å². The lowest BCUT2D eigenvalue weighted by Crippen LogP contribution is -2.27. The standard InChI is InChI=1S/C98H117NO8/c1-18-60(9)52-100-88-44-75-76-45-89(101-53-61(10)19-2)93(105-57-65(14)23-6)49-84(76)97(83(75)48-92(88)104-56-64(13)22-5)79-35-29-27-33-71(79)73-40-38-69(42-81(73)97)96(99-87-37-31-26-32-68(87)17)70-39-41-74-72-34-28-30-36-80(72)98(82(74)43-70)85-50-94(106-58-66(15)24-7)90(102-54-62(11)20-3)46-77(85)78-47-91(103-55-63(12)21-4)95(51-86(78)98)107-59-67(16)25-8/h26-51,60-67H,18-25,52-59H2,1-17H3. The van der Waals surface area contributed by atoms with E-state index in [-0.39, 0.29) is 0 Å². The summed E-state index contributed by atoms with van der Waals surface area (Å²) in [5.74, 6) is 8.67. The minimum Gasteiger partial charge on any atom is -0.489 e. The summed E-state index contributed by atoms with van der Waals surface area (Å²) in [5, 5.41) is 0. The van der Waals surface area contributed by atoms with Crippen molar-refractivity contribution in [3.05, 3.63) is 219 Å². The molecule has 9 nitrogen and oxygen atoms in total. The van der Waals surface area contributed by atoms with Gasteiger partial charge in [-0.05, 0) is 216 Å². The van der Waals surface area contributed by atoms with Crippen LogP contribution in [0.3, 0.4) is 0 Å². The Morgan fingerprint density at radius 2 is 0.495 bits per heavy atom. The summed E-state index contributed by atoms with van der Waals surface area (Å²) >= 11 is 0. The first kappa shape index (κ1) is 76.3. The fraction of sp³-hybridized carbons (Fsp3) is 0.439. The number of hydrogen-bond acceptors (Lipinski definition) is 9. The molecule has 0 amide bonds. The van der Waals surface area contributed by atoms with Gasteiger partial charge in [0.25, 0.3) is 0 Å². The van der Waals surface area contributed by atoms with E-state index in [0.717, 1.165) is 192 Å². The van der Waals surface area contributed by atoms with Crippen molar-refractivity contribution in [1.29, 1.82) is 0 Å². The molecule has 8 unspecified atom stereocenters. The van der Waals surface area contributed by atoms with E-state index in [4.69, 9.17) is 42.9 Å². The Kier molecular flexibility index (Phi) is 23.4. The molecule has 0 saturated heterocycles. The molecule has 9 aromatic carbocycles. The van der Waals surface area contributed by atoms with Gasteiger partial charge in [-0.3, -0.25) is 0 Å². The molecule has 0 radical (unpaired) electrons. The van der Waals surface area contributed by atoms with Crippen molar-refractivity contribution in [2.45, 2.75) is 180 Å². The van der Waals surface area contributed by atoms with Crippen molar-refractivity contribution in [3.8, 4) is 90.5 Å². The van der Waals surface area contributed by atoms with Gasteiger partial charge in [-0.25, -0.2) is 4.99 Å². The van der Waals surface area contributed by atoms with Gasteiger partial charge in [-0.2, -0.15) is 0 Å². The molecule has 4 aliphatic rings. The first-order chi connectivity index (χ1) is 51.9. The summed E-state index contributed by atoms with van der Waals surface area (Å²) in [7, 11) is 0. The summed E-state index contributed by atoms with van der Waals surface area (Å²) < 4.78 is 56.4. The van der Waals surface area contributed by atoms with Crippen LogP contribution in [0.25, 0.3) is 44.5 Å². The Morgan fingerprint density at radius 1 is 0.262 bits per heavy atom. The fourth-order valence-electron chi connectivity index (χ4n) is 15.5. The van der Waals surface area contributed by atoms with Gasteiger partial charge < -0.3 is 37.9 Å². The lowest BCUT2D eigenvalue weighted by Gasteiger charge is -2.32. The van der Waals surface area contributed by atoms with Gasteiger partial charge in [0.15, 0.2) is 46.0 Å². The molecular weight excluding hydrogens is 1320 g/mol. The van der Waals surface area contributed by atoms with Crippen LogP contribution in [0.1, 0.15) is 223 Å². The second kappa shape index (κ2) is 32.9. The number of aryl methyl sites for hydroxylation is 1. The van der Waals surface area contributed by atoms with Crippen LogP contribution >= 0.6 is 0 Å². The van der Waals surface area contributed by atoms with Crippen LogP contribution in [-0.4, -0.2) is 58.6 Å². The zero-order chi connectivity index (χ0) is 75.4. The van der Waals surface area contributed by atoms with Crippen LogP contribution in [0.15, 0.2) is 163 Å². The molecule has 107 heavy (non-hydrogen) atoms. The maximum atomic E-state index is 7.11. The lowest BCUT2D eigenvalue weighted by molar-refractivity contribution is 0.217. The van der Waals surface area contributed by atoms with Gasteiger partial charge in [0.1, 0.15) is 0 Å². The van der Waals surface area contributed by atoms with Crippen LogP contribution in [0, 0.1) is 54.3 Å². The molecule has 13 rings (SSSR count). The molecule has 0 fully saturated rings. The van der Waals surface area contributed by atoms with E-state index in [9.17, 15) is 0 Å². The Labute approximate surface area is 640 Å². The molecule has 0 bridgehead atoms. The summed E-state index contributed by atoms with van der Waals surface area (Å²) in [5.41, 5.74) is 21.4. The number of para-hydroxylation sites is 1. The summed E-state index contributed by atoms with van der Waals surface area (Å²) in [4.78, 5) is 5.99. The Hall–Kier alpha value is -8.95. The van der Waals surface area contributed by atoms with Crippen LogP contribution < -0.4 is 37.9 Å². The molecule has 0 N–H and O–H groups in total. The third-order valence-electron chi connectivity index (χ3n) is 24.3. The number of ether oxygens (including phenoxy) is 8. The number of benzene rings is 9. The molecule has 0 aromatic heterocycles. The van der Waals surface area contributed by atoms with Gasteiger partial charge in [0, 0.05) is 11.1 Å². The average Bonchev–Trinajstić information content (AvgIpc) is 1.51. The molecule has 2 spiro atoms. The van der Waals surface area contributed by atoms with Crippen LogP contribution in [0.4, 0.5) is 5.69 Å². The molecule has 562 valence electrons. The SMILES string of the molecule is CCC(C)COc1cc2c(cc1OCC(C)CC)C1(c3ccccc3-c3ccc(C(=Nc4ccccc4C)c4ccc5c(c4)C4(c6ccccc6-5)c5cc(OCC(C)CC)c(OCC(C)CC)cc5-c5cc(OCC(C)CC)c(OCC(C)CC)cc54)cc31)c1cc(OCC(C)CC)c(OCC(C)CC)cc1-2. The zero-order valence-corrected chi connectivity index (χ0v) is 67.2. The summed E-state index contributed by atoms with van der Waals surface area (Å²) in [6.07, 6.45) is 7.95. The molecule has 9 heteroatoms. The molecule has 4 aliphatic carbocycles. The smallest absolute Gasteiger partial charge is 0.161 e. The van der Waals surface area contributed by atoms with Crippen molar-refractivity contribution in [2.75, 3.05) is 52.9 Å².